The Bertz CT molecular complexity index is 615. The second-order valence-electron chi connectivity index (χ2n) is 4.24. The van der Waals surface area contributed by atoms with Crippen molar-refractivity contribution < 1.29 is 22.1 Å². The molecule has 0 aliphatic rings. The van der Waals surface area contributed by atoms with Crippen molar-refractivity contribution in [2.75, 3.05) is 6.54 Å². The van der Waals surface area contributed by atoms with Crippen LogP contribution in [0, 0.1) is 5.82 Å². The molecule has 114 valence electrons. The van der Waals surface area contributed by atoms with E-state index in [0.717, 1.165) is 6.07 Å². The van der Waals surface area contributed by atoms with E-state index in [1.165, 1.54) is 12.1 Å². The second kappa shape index (κ2) is 6.40. The third kappa shape index (κ3) is 4.98. The second-order valence-corrected chi connectivity index (χ2v) is 4.64. The molecule has 0 aliphatic carbocycles. The predicted molar refractivity (Wildman–Crippen MR) is 66.3 cm³/mol. The van der Waals surface area contributed by atoms with Gasteiger partial charge in [0, 0.05) is 11.4 Å². The van der Waals surface area contributed by atoms with Gasteiger partial charge in [-0.3, -0.25) is 0 Å². The molecule has 21 heavy (non-hydrogen) atoms. The highest BCUT2D eigenvalue weighted by atomic mass is 35.5. The summed E-state index contributed by atoms with van der Waals surface area (Å²) in [4.78, 5) is 3.93. The number of aromatic nitrogens is 2. The summed E-state index contributed by atoms with van der Waals surface area (Å²) >= 11 is 5.86. The molecule has 0 radical (unpaired) electrons. The first-order valence-electron chi connectivity index (χ1n) is 5.86. The smallest absolute Gasteiger partial charge is 0.338 e. The van der Waals surface area contributed by atoms with Gasteiger partial charge in [-0.15, -0.1) is 0 Å². The van der Waals surface area contributed by atoms with Crippen LogP contribution < -0.4 is 5.32 Å². The van der Waals surface area contributed by atoms with Crippen LogP contribution in [0.4, 0.5) is 17.6 Å². The average Bonchev–Trinajstić information content (AvgIpc) is 2.79. The summed E-state index contributed by atoms with van der Waals surface area (Å²) < 4.78 is 53.6. The highest BCUT2D eigenvalue weighted by molar-refractivity contribution is 6.31. The van der Waals surface area contributed by atoms with Crippen molar-refractivity contribution in [3.8, 4) is 0 Å². The molecule has 0 bridgehead atoms. The van der Waals surface area contributed by atoms with E-state index in [-0.39, 0.29) is 29.7 Å². The van der Waals surface area contributed by atoms with Crippen LogP contribution in [0.5, 0.6) is 0 Å². The summed E-state index contributed by atoms with van der Waals surface area (Å²) in [5.74, 6) is -0.172. The van der Waals surface area contributed by atoms with E-state index in [4.69, 9.17) is 16.1 Å². The Morgan fingerprint density at radius 3 is 2.71 bits per heavy atom. The molecule has 0 unspecified atom stereocenters. The Morgan fingerprint density at radius 2 is 2.05 bits per heavy atom. The van der Waals surface area contributed by atoms with E-state index < -0.39 is 18.5 Å². The zero-order valence-electron chi connectivity index (χ0n) is 10.5. The van der Waals surface area contributed by atoms with Gasteiger partial charge in [0.05, 0.1) is 13.1 Å². The van der Waals surface area contributed by atoms with Crippen molar-refractivity contribution >= 4 is 11.6 Å². The molecule has 0 fully saturated rings. The summed E-state index contributed by atoms with van der Waals surface area (Å²) in [6.07, 6.45) is -4.10. The van der Waals surface area contributed by atoms with Crippen LogP contribution in [-0.4, -0.2) is 22.9 Å². The lowest BCUT2D eigenvalue weighted by Gasteiger charge is -2.05. The number of halogens is 5. The highest BCUT2D eigenvalue weighted by Gasteiger charge is 2.26. The third-order valence-corrected chi connectivity index (χ3v) is 2.83. The Balaban J connectivity index is 1.94. The maximum Gasteiger partial charge on any atom is 0.401 e. The van der Waals surface area contributed by atoms with Gasteiger partial charge in [0.2, 0.25) is 5.89 Å². The first-order chi connectivity index (χ1) is 9.83. The van der Waals surface area contributed by atoms with Gasteiger partial charge in [-0.2, -0.15) is 18.2 Å². The summed E-state index contributed by atoms with van der Waals surface area (Å²) in [7, 11) is 0. The molecular formula is C12H10ClF4N3O. The Labute approximate surface area is 122 Å². The van der Waals surface area contributed by atoms with Gasteiger partial charge in [-0.05, 0) is 17.7 Å². The van der Waals surface area contributed by atoms with Crippen molar-refractivity contribution in [1.29, 1.82) is 0 Å². The SMILES string of the molecule is Fc1ccc(Cc2noc(CNCC(F)(F)F)n2)c(Cl)c1. The van der Waals surface area contributed by atoms with Gasteiger partial charge >= 0.3 is 6.18 Å². The zero-order chi connectivity index (χ0) is 15.5. The minimum Gasteiger partial charge on any atom is -0.338 e. The van der Waals surface area contributed by atoms with Crippen LogP contribution >= 0.6 is 11.6 Å². The van der Waals surface area contributed by atoms with Gasteiger partial charge in [0.1, 0.15) is 5.82 Å². The number of nitrogens with one attached hydrogen (secondary N) is 1. The van der Waals surface area contributed by atoms with Gasteiger partial charge < -0.3 is 9.84 Å². The minimum absolute atomic E-state index is 0.0347. The number of alkyl halides is 3. The van der Waals surface area contributed by atoms with Crippen LogP contribution in [0.25, 0.3) is 0 Å². The molecule has 0 saturated carbocycles. The average molecular weight is 324 g/mol. The highest BCUT2D eigenvalue weighted by Crippen LogP contribution is 2.19. The fraction of sp³-hybridized carbons (Fsp3) is 0.333. The molecule has 1 heterocycles. The van der Waals surface area contributed by atoms with E-state index in [1.54, 1.807) is 0 Å². The Hall–Kier alpha value is -1.67. The standard InChI is InChI=1S/C12H10ClF4N3O/c13-9-4-8(14)2-1-7(9)3-10-19-11(21-20-10)5-18-6-12(15,16)17/h1-2,4,18H,3,5-6H2. The van der Waals surface area contributed by atoms with Crippen molar-refractivity contribution in [2.45, 2.75) is 19.1 Å². The van der Waals surface area contributed by atoms with E-state index >= 15 is 0 Å². The van der Waals surface area contributed by atoms with Crippen LogP contribution in [0.2, 0.25) is 5.02 Å². The molecule has 2 rings (SSSR count). The molecule has 0 saturated heterocycles. The molecule has 0 aliphatic heterocycles. The van der Waals surface area contributed by atoms with Crippen molar-refractivity contribution in [3.63, 3.8) is 0 Å². The van der Waals surface area contributed by atoms with E-state index in [0.29, 0.717) is 5.56 Å². The topological polar surface area (TPSA) is 51.0 Å². The first kappa shape index (κ1) is 15.7. The lowest BCUT2D eigenvalue weighted by Crippen LogP contribution is -2.28. The van der Waals surface area contributed by atoms with Crippen LogP contribution in [-0.2, 0) is 13.0 Å². The molecular weight excluding hydrogens is 314 g/mol. The monoisotopic (exact) mass is 323 g/mol. The molecule has 1 aromatic heterocycles. The third-order valence-electron chi connectivity index (χ3n) is 2.48. The van der Waals surface area contributed by atoms with Crippen LogP contribution in [0.1, 0.15) is 17.3 Å². The summed E-state index contributed by atoms with van der Waals surface area (Å²) in [6, 6.07) is 3.88. The Morgan fingerprint density at radius 1 is 1.29 bits per heavy atom. The van der Waals surface area contributed by atoms with E-state index in [9.17, 15) is 17.6 Å². The summed E-state index contributed by atoms with van der Waals surface area (Å²) in [5, 5.41) is 5.99. The maximum atomic E-state index is 12.9. The summed E-state index contributed by atoms with van der Waals surface area (Å²) in [6.45, 7) is -1.34. The normalized spacial score (nSPS) is 11.9. The number of rotatable bonds is 5. The summed E-state index contributed by atoms with van der Waals surface area (Å²) in [5.41, 5.74) is 0.591. The largest absolute Gasteiger partial charge is 0.401 e. The Kier molecular flexibility index (Phi) is 4.79. The van der Waals surface area contributed by atoms with Gasteiger partial charge in [-0.25, -0.2) is 4.39 Å². The van der Waals surface area contributed by atoms with Crippen molar-refractivity contribution in [2.24, 2.45) is 0 Å². The maximum absolute atomic E-state index is 12.9. The number of benzene rings is 1. The predicted octanol–water partition coefficient (Wildman–Crippen LogP) is 3.10. The number of hydrogen-bond acceptors (Lipinski definition) is 4. The first-order valence-corrected chi connectivity index (χ1v) is 6.24. The molecule has 0 atom stereocenters. The quantitative estimate of drug-likeness (QED) is 0.859. The fourth-order valence-corrected chi connectivity index (χ4v) is 1.81. The molecule has 0 spiro atoms. The van der Waals surface area contributed by atoms with Gasteiger partial charge in [0.25, 0.3) is 0 Å². The van der Waals surface area contributed by atoms with E-state index in [2.05, 4.69) is 15.5 Å². The molecule has 1 aromatic carbocycles. The van der Waals surface area contributed by atoms with Crippen LogP contribution in [0.3, 0.4) is 0 Å². The van der Waals surface area contributed by atoms with Crippen molar-refractivity contribution in [1.82, 2.24) is 15.5 Å². The van der Waals surface area contributed by atoms with Gasteiger partial charge in [-0.1, -0.05) is 22.8 Å². The molecule has 2 aromatic rings. The van der Waals surface area contributed by atoms with E-state index in [1.807, 2.05) is 0 Å². The molecule has 0 amide bonds. The van der Waals surface area contributed by atoms with Crippen LogP contribution in [0.15, 0.2) is 22.7 Å². The lowest BCUT2D eigenvalue weighted by atomic mass is 10.1. The molecule has 1 N–H and O–H groups in total. The fourth-order valence-electron chi connectivity index (χ4n) is 1.58. The van der Waals surface area contributed by atoms with Crippen molar-refractivity contribution in [3.05, 3.63) is 46.3 Å². The molecule has 4 nitrogen and oxygen atoms in total. The minimum atomic E-state index is -4.30. The molecule has 9 heteroatoms. The number of nitrogens with zero attached hydrogens (tertiary/aromatic N) is 2. The number of hydrogen-bond donors (Lipinski definition) is 1. The lowest BCUT2D eigenvalue weighted by molar-refractivity contribution is -0.125. The zero-order valence-corrected chi connectivity index (χ0v) is 11.3. The van der Waals surface area contributed by atoms with Gasteiger partial charge in [0.15, 0.2) is 5.82 Å².